The van der Waals surface area contributed by atoms with E-state index in [4.69, 9.17) is 10.5 Å². The Labute approximate surface area is 61.5 Å². The second-order valence-corrected chi connectivity index (χ2v) is 2.72. The zero-order valence-electron chi connectivity index (χ0n) is 6.76. The molecule has 3 nitrogen and oxygen atoms in total. The van der Waals surface area contributed by atoms with Crippen LogP contribution in [0.4, 0.5) is 0 Å². The Morgan fingerprint density at radius 3 is 2.30 bits per heavy atom. The van der Waals surface area contributed by atoms with E-state index in [1.165, 1.54) is 0 Å². The van der Waals surface area contributed by atoms with E-state index in [2.05, 4.69) is 0 Å². The van der Waals surface area contributed by atoms with Crippen LogP contribution in [-0.2, 0) is 9.53 Å². The Hall–Kier alpha value is -0.570. The molecule has 0 spiro atoms. The van der Waals surface area contributed by atoms with Crippen LogP contribution in [0.2, 0.25) is 0 Å². The van der Waals surface area contributed by atoms with Crippen LogP contribution in [0.15, 0.2) is 0 Å². The molecular weight excluding hydrogens is 130 g/mol. The van der Waals surface area contributed by atoms with Gasteiger partial charge in [0.15, 0.2) is 0 Å². The first-order valence-electron chi connectivity index (χ1n) is 3.47. The summed E-state index contributed by atoms with van der Waals surface area (Å²) >= 11 is 0. The number of hydrogen-bond acceptors (Lipinski definition) is 3. The molecule has 10 heavy (non-hydrogen) atoms. The van der Waals surface area contributed by atoms with Gasteiger partial charge in [0.2, 0.25) is 0 Å². The van der Waals surface area contributed by atoms with Crippen molar-refractivity contribution in [2.45, 2.75) is 39.3 Å². The first kappa shape index (κ1) is 9.43. The molecule has 0 rings (SSSR count). The van der Waals surface area contributed by atoms with E-state index in [0.717, 1.165) is 0 Å². The molecule has 0 aromatic rings. The fourth-order valence-electron chi connectivity index (χ4n) is 0.574. The van der Waals surface area contributed by atoms with Gasteiger partial charge in [-0.05, 0) is 20.8 Å². The van der Waals surface area contributed by atoms with E-state index in [0.29, 0.717) is 6.42 Å². The fraction of sp³-hybridized carbons (Fsp3) is 0.857. The summed E-state index contributed by atoms with van der Waals surface area (Å²) in [7, 11) is 0. The molecule has 0 aliphatic rings. The number of hydrogen-bond donors (Lipinski definition) is 1. The summed E-state index contributed by atoms with van der Waals surface area (Å²) in [4.78, 5) is 10.8. The zero-order chi connectivity index (χ0) is 8.15. The number of carbonyl (C=O) groups excluding carboxylic acids is 1. The Morgan fingerprint density at radius 2 is 2.00 bits per heavy atom. The van der Waals surface area contributed by atoms with Crippen LogP contribution >= 0.6 is 0 Å². The summed E-state index contributed by atoms with van der Waals surface area (Å²) in [5.74, 6) is -0.218. The molecule has 1 unspecified atom stereocenters. The summed E-state index contributed by atoms with van der Waals surface area (Å²) in [6, 6.07) is -0.105. The van der Waals surface area contributed by atoms with Crippen molar-refractivity contribution in [3.05, 3.63) is 0 Å². The van der Waals surface area contributed by atoms with Gasteiger partial charge in [-0.2, -0.15) is 0 Å². The topological polar surface area (TPSA) is 52.3 Å². The van der Waals surface area contributed by atoms with Gasteiger partial charge < -0.3 is 10.5 Å². The molecule has 0 aromatic carbocycles. The highest BCUT2D eigenvalue weighted by Crippen LogP contribution is 1.94. The first-order valence-corrected chi connectivity index (χ1v) is 3.47. The molecule has 0 saturated heterocycles. The Balaban J connectivity index is 3.44. The third kappa shape index (κ3) is 5.56. The van der Waals surface area contributed by atoms with Crippen LogP contribution in [-0.4, -0.2) is 18.1 Å². The second-order valence-electron chi connectivity index (χ2n) is 2.72. The van der Waals surface area contributed by atoms with Crippen molar-refractivity contribution in [3.63, 3.8) is 0 Å². The van der Waals surface area contributed by atoms with Crippen LogP contribution in [0, 0.1) is 0 Å². The molecule has 0 aromatic heterocycles. The lowest BCUT2D eigenvalue weighted by Crippen LogP contribution is -2.22. The van der Waals surface area contributed by atoms with Crippen molar-refractivity contribution >= 4 is 5.97 Å². The Kier molecular flexibility index (Phi) is 4.03. The first-order chi connectivity index (χ1) is 4.52. The van der Waals surface area contributed by atoms with E-state index in [9.17, 15) is 4.79 Å². The number of esters is 1. The molecule has 0 amide bonds. The van der Waals surface area contributed by atoms with E-state index in [-0.39, 0.29) is 18.1 Å². The van der Waals surface area contributed by atoms with E-state index >= 15 is 0 Å². The van der Waals surface area contributed by atoms with Crippen LogP contribution < -0.4 is 5.73 Å². The van der Waals surface area contributed by atoms with Gasteiger partial charge in [-0.1, -0.05) is 0 Å². The van der Waals surface area contributed by atoms with Crippen LogP contribution in [0.1, 0.15) is 27.2 Å². The minimum atomic E-state index is -0.218. The molecule has 2 N–H and O–H groups in total. The van der Waals surface area contributed by atoms with Gasteiger partial charge in [0.1, 0.15) is 0 Å². The number of carbonyl (C=O) groups is 1. The van der Waals surface area contributed by atoms with Crippen LogP contribution in [0.3, 0.4) is 0 Å². The van der Waals surface area contributed by atoms with Crippen LogP contribution in [0.5, 0.6) is 0 Å². The van der Waals surface area contributed by atoms with Gasteiger partial charge in [0.25, 0.3) is 0 Å². The molecular formula is C7H15NO2. The summed E-state index contributed by atoms with van der Waals surface area (Å²) in [5.41, 5.74) is 5.37. The molecule has 0 radical (unpaired) electrons. The average molecular weight is 145 g/mol. The molecule has 60 valence electrons. The van der Waals surface area contributed by atoms with Gasteiger partial charge in [0.05, 0.1) is 12.5 Å². The molecule has 0 aliphatic carbocycles. The number of rotatable bonds is 3. The molecule has 1 atom stereocenters. The largest absolute Gasteiger partial charge is 0.463 e. The van der Waals surface area contributed by atoms with Crippen molar-refractivity contribution in [2.24, 2.45) is 5.73 Å². The molecule has 0 saturated carbocycles. The molecule has 0 bridgehead atoms. The standard InChI is InChI=1S/C7H15NO2/c1-5(2)10-7(9)4-6(3)8/h5-6H,4,8H2,1-3H3. The highest BCUT2D eigenvalue weighted by Gasteiger charge is 2.06. The second kappa shape index (κ2) is 4.28. The van der Waals surface area contributed by atoms with E-state index in [1.807, 2.05) is 13.8 Å². The van der Waals surface area contributed by atoms with Gasteiger partial charge in [0, 0.05) is 6.04 Å². The van der Waals surface area contributed by atoms with Crippen molar-refractivity contribution in [2.75, 3.05) is 0 Å². The Morgan fingerprint density at radius 1 is 1.50 bits per heavy atom. The number of nitrogens with two attached hydrogens (primary N) is 1. The summed E-state index contributed by atoms with van der Waals surface area (Å²) < 4.78 is 4.84. The quantitative estimate of drug-likeness (QED) is 0.594. The highest BCUT2D eigenvalue weighted by atomic mass is 16.5. The third-order valence-electron chi connectivity index (χ3n) is 0.856. The van der Waals surface area contributed by atoms with Gasteiger partial charge in [-0.25, -0.2) is 0 Å². The highest BCUT2D eigenvalue weighted by molar-refractivity contribution is 5.70. The molecule has 0 fully saturated rings. The summed E-state index contributed by atoms with van der Waals surface area (Å²) in [6.45, 7) is 5.42. The molecule has 0 aliphatic heterocycles. The Bertz CT molecular complexity index is 98.2. The zero-order valence-corrected chi connectivity index (χ0v) is 6.76. The minimum absolute atomic E-state index is 0.0359. The lowest BCUT2D eigenvalue weighted by molar-refractivity contribution is -0.147. The maximum absolute atomic E-state index is 10.8. The predicted octanol–water partition coefficient (Wildman–Crippen LogP) is 0.675. The van der Waals surface area contributed by atoms with Crippen molar-refractivity contribution in [3.8, 4) is 0 Å². The average Bonchev–Trinajstić information content (AvgIpc) is 1.58. The van der Waals surface area contributed by atoms with Gasteiger partial charge in [-0.15, -0.1) is 0 Å². The van der Waals surface area contributed by atoms with E-state index < -0.39 is 0 Å². The lowest BCUT2D eigenvalue weighted by Gasteiger charge is -2.08. The van der Waals surface area contributed by atoms with E-state index in [1.54, 1.807) is 6.92 Å². The van der Waals surface area contributed by atoms with Crippen molar-refractivity contribution in [1.82, 2.24) is 0 Å². The normalized spacial score (nSPS) is 13.3. The third-order valence-corrected chi connectivity index (χ3v) is 0.856. The fourth-order valence-corrected chi connectivity index (χ4v) is 0.574. The van der Waals surface area contributed by atoms with Gasteiger partial charge in [-0.3, -0.25) is 4.79 Å². The summed E-state index contributed by atoms with van der Waals surface area (Å²) in [5, 5.41) is 0. The SMILES string of the molecule is CC(N)CC(=O)OC(C)C. The molecule has 3 heteroatoms. The smallest absolute Gasteiger partial charge is 0.307 e. The van der Waals surface area contributed by atoms with Crippen LogP contribution in [0.25, 0.3) is 0 Å². The number of ether oxygens (including phenoxy) is 1. The lowest BCUT2D eigenvalue weighted by atomic mass is 10.2. The van der Waals surface area contributed by atoms with Crippen molar-refractivity contribution in [1.29, 1.82) is 0 Å². The monoisotopic (exact) mass is 145 g/mol. The van der Waals surface area contributed by atoms with Crippen molar-refractivity contribution < 1.29 is 9.53 Å². The minimum Gasteiger partial charge on any atom is -0.463 e. The maximum Gasteiger partial charge on any atom is 0.307 e. The maximum atomic E-state index is 10.8. The molecule has 0 heterocycles. The van der Waals surface area contributed by atoms with Gasteiger partial charge >= 0.3 is 5.97 Å². The predicted molar refractivity (Wildman–Crippen MR) is 39.5 cm³/mol. The summed E-state index contributed by atoms with van der Waals surface area (Å²) in [6.07, 6.45) is 0.268.